The van der Waals surface area contributed by atoms with Gasteiger partial charge in [0.25, 0.3) is 0 Å². The van der Waals surface area contributed by atoms with Gasteiger partial charge in [-0.1, -0.05) is 12.1 Å². The minimum absolute atomic E-state index is 0.0216. The molecule has 0 saturated heterocycles. The molecule has 5 nitrogen and oxygen atoms in total. The molecule has 0 N–H and O–H groups in total. The van der Waals surface area contributed by atoms with Gasteiger partial charge in [-0.3, -0.25) is 4.79 Å². The molecule has 1 aromatic rings. The monoisotopic (exact) mass is 336 g/mol. The molecular weight excluding hydrogens is 318 g/mol. The lowest BCUT2D eigenvalue weighted by Crippen LogP contribution is -2.14. The van der Waals surface area contributed by atoms with Crippen LogP contribution in [0.5, 0.6) is 0 Å². The average molecular weight is 336 g/mol. The van der Waals surface area contributed by atoms with Crippen molar-refractivity contribution in [2.45, 2.75) is 36.5 Å². The number of alkyl halides is 2. The van der Waals surface area contributed by atoms with Crippen LogP contribution in [0.2, 0.25) is 0 Å². The van der Waals surface area contributed by atoms with Crippen molar-refractivity contribution in [3.63, 3.8) is 0 Å². The summed E-state index contributed by atoms with van der Waals surface area (Å²) in [7, 11) is -3.06. The van der Waals surface area contributed by atoms with Gasteiger partial charge in [0, 0.05) is 13.5 Å². The van der Waals surface area contributed by atoms with E-state index in [2.05, 4.69) is 0 Å². The van der Waals surface area contributed by atoms with E-state index < -0.39 is 26.5 Å². The van der Waals surface area contributed by atoms with Crippen LogP contribution in [0.3, 0.4) is 0 Å². The first-order chi connectivity index (χ1) is 10.3. The molecular formula is C14H18F2O5S. The van der Waals surface area contributed by atoms with E-state index >= 15 is 0 Å². The summed E-state index contributed by atoms with van der Waals surface area (Å²) >= 11 is 0. The maximum atomic E-state index is 12.4. The molecule has 0 unspecified atom stereocenters. The van der Waals surface area contributed by atoms with Gasteiger partial charge in [0.15, 0.2) is 0 Å². The van der Waals surface area contributed by atoms with Crippen molar-refractivity contribution in [1.29, 1.82) is 0 Å². The van der Waals surface area contributed by atoms with Crippen LogP contribution < -0.4 is 0 Å². The number of esters is 1. The Kier molecular flexibility index (Phi) is 6.89. The molecule has 0 amide bonds. The Labute approximate surface area is 128 Å². The van der Waals surface area contributed by atoms with E-state index in [0.29, 0.717) is 12.0 Å². The number of carbonyl (C=O) groups is 1. The fourth-order valence-electron chi connectivity index (χ4n) is 1.57. The van der Waals surface area contributed by atoms with E-state index in [1.54, 1.807) is 7.11 Å². The average Bonchev–Trinajstić information content (AvgIpc) is 2.47. The molecule has 0 fully saturated rings. The summed E-state index contributed by atoms with van der Waals surface area (Å²) in [6.45, 7) is 2.06. The number of methoxy groups -OCH3 is 1. The molecule has 0 heterocycles. The predicted octanol–water partition coefficient (Wildman–Crippen LogP) is 2.19. The zero-order valence-corrected chi connectivity index (χ0v) is 13.1. The maximum Gasteiger partial charge on any atom is 0.341 e. The molecule has 0 spiro atoms. The second kappa shape index (κ2) is 8.19. The summed E-state index contributed by atoms with van der Waals surface area (Å²) < 4.78 is 57.2. The highest BCUT2D eigenvalue weighted by Crippen LogP contribution is 2.18. The standard InChI is InChI=1S/C14H18F2O5S/c1-10(20-2)7-8-21-13(17)9-11-3-5-12(6-4-11)22(18,19)14(15)16/h3-6,10,14H,7-9H2,1-2H3/t10-/m1/s1. The number of benzene rings is 1. The van der Waals surface area contributed by atoms with Gasteiger partial charge in [0.05, 0.1) is 24.0 Å². The van der Waals surface area contributed by atoms with Gasteiger partial charge in [-0.05, 0) is 24.6 Å². The summed E-state index contributed by atoms with van der Waals surface area (Å²) in [5.74, 6) is -3.95. The van der Waals surface area contributed by atoms with E-state index in [1.807, 2.05) is 6.92 Å². The van der Waals surface area contributed by atoms with Gasteiger partial charge in [0.2, 0.25) is 9.84 Å². The summed E-state index contributed by atoms with van der Waals surface area (Å²) in [5, 5.41) is 0. The van der Waals surface area contributed by atoms with Gasteiger partial charge in [0.1, 0.15) is 0 Å². The van der Waals surface area contributed by atoms with Crippen LogP contribution in [-0.2, 0) is 30.5 Å². The Bertz CT molecular complexity index is 584. The second-order valence-corrected chi connectivity index (χ2v) is 6.60. The zero-order valence-electron chi connectivity index (χ0n) is 12.3. The summed E-state index contributed by atoms with van der Waals surface area (Å²) in [6.07, 6.45) is 0.483. The summed E-state index contributed by atoms with van der Waals surface area (Å²) in [4.78, 5) is 11.1. The van der Waals surface area contributed by atoms with Crippen LogP contribution in [-0.4, -0.2) is 40.0 Å². The normalized spacial score (nSPS) is 13.1. The number of hydrogen-bond donors (Lipinski definition) is 0. The lowest BCUT2D eigenvalue weighted by molar-refractivity contribution is -0.143. The van der Waals surface area contributed by atoms with Crippen LogP contribution in [0, 0.1) is 0 Å². The van der Waals surface area contributed by atoms with E-state index in [-0.39, 0.29) is 19.1 Å². The number of hydrogen-bond acceptors (Lipinski definition) is 5. The molecule has 0 saturated carbocycles. The molecule has 0 bridgehead atoms. The first kappa shape index (κ1) is 18.5. The van der Waals surface area contributed by atoms with Gasteiger partial charge < -0.3 is 9.47 Å². The van der Waals surface area contributed by atoms with Crippen LogP contribution in [0.15, 0.2) is 29.2 Å². The molecule has 1 aromatic carbocycles. The highest BCUT2D eigenvalue weighted by Gasteiger charge is 2.26. The molecule has 1 atom stereocenters. The van der Waals surface area contributed by atoms with Crippen molar-refractivity contribution < 1.29 is 31.5 Å². The maximum absolute atomic E-state index is 12.4. The lowest BCUT2D eigenvalue weighted by atomic mass is 10.1. The van der Waals surface area contributed by atoms with Gasteiger partial charge in [-0.2, -0.15) is 8.78 Å². The Morgan fingerprint density at radius 1 is 1.23 bits per heavy atom. The van der Waals surface area contributed by atoms with Crippen LogP contribution in [0.25, 0.3) is 0 Å². The topological polar surface area (TPSA) is 69.7 Å². The second-order valence-electron chi connectivity index (χ2n) is 4.68. The summed E-state index contributed by atoms with van der Waals surface area (Å²) in [6, 6.07) is 4.73. The Hall–Kier alpha value is -1.54. The third kappa shape index (κ3) is 5.34. The minimum atomic E-state index is -4.61. The molecule has 1 rings (SSSR count). The van der Waals surface area contributed by atoms with E-state index in [0.717, 1.165) is 12.1 Å². The molecule has 0 aliphatic rings. The molecule has 0 radical (unpaired) electrons. The number of halogens is 2. The minimum Gasteiger partial charge on any atom is -0.465 e. The van der Waals surface area contributed by atoms with E-state index in [1.165, 1.54) is 12.1 Å². The lowest BCUT2D eigenvalue weighted by Gasteiger charge is -2.10. The van der Waals surface area contributed by atoms with Crippen molar-refractivity contribution >= 4 is 15.8 Å². The first-order valence-corrected chi connectivity index (χ1v) is 8.11. The van der Waals surface area contributed by atoms with Gasteiger partial charge in [-0.25, -0.2) is 8.42 Å². The zero-order chi connectivity index (χ0) is 16.8. The van der Waals surface area contributed by atoms with Gasteiger partial charge >= 0.3 is 11.7 Å². The Morgan fingerprint density at radius 3 is 2.32 bits per heavy atom. The largest absolute Gasteiger partial charge is 0.465 e. The highest BCUT2D eigenvalue weighted by atomic mass is 32.2. The molecule has 124 valence electrons. The van der Waals surface area contributed by atoms with Crippen molar-refractivity contribution in [2.24, 2.45) is 0 Å². The van der Waals surface area contributed by atoms with Crippen LogP contribution >= 0.6 is 0 Å². The van der Waals surface area contributed by atoms with E-state index in [4.69, 9.17) is 9.47 Å². The highest BCUT2D eigenvalue weighted by molar-refractivity contribution is 7.91. The van der Waals surface area contributed by atoms with Crippen molar-refractivity contribution in [3.05, 3.63) is 29.8 Å². The number of rotatable bonds is 8. The number of carbonyl (C=O) groups excluding carboxylic acids is 1. The van der Waals surface area contributed by atoms with Crippen LogP contribution in [0.4, 0.5) is 8.78 Å². The fourth-order valence-corrected chi connectivity index (χ4v) is 2.30. The molecule has 0 aliphatic carbocycles. The number of sulfone groups is 1. The molecule has 8 heteroatoms. The molecule has 22 heavy (non-hydrogen) atoms. The van der Waals surface area contributed by atoms with Crippen molar-refractivity contribution in [1.82, 2.24) is 0 Å². The smallest absolute Gasteiger partial charge is 0.341 e. The first-order valence-electron chi connectivity index (χ1n) is 6.56. The van der Waals surface area contributed by atoms with Crippen LogP contribution in [0.1, 0.15) is 18.9 Å². The summed E-state index contributed by atoms with van der Waals surface area (Å²) in [5.41, 5.74) is 0.484. The molecule has 0 aliphatic heterocycles. The quantitative estimate of drug-likeness (QED) is 0.681. The van der Waals surface area contributed by atoms with Crippen molar-refractivity contribution in [3.8, 4) is 0 Å². The van der Waals surface area contributed by atoms with Crippen molar-refractivity contribution in [2.75, 3.05) is 13.7 Å². The third-order valence-corrected chi connectivity index (χ3v) is 4.42. The Morgan fingerprint density at radius 2 is 1.82 bits per heavy atom. The Balaban J connectivity index is 2.56. The number of ether oxygens (including phenoxy) is 2. The SMILES string of the molecule is CO[C@H](C)CCOC(=O)Cc1ccc(S(=O)(=O)C(F)F)cc1. The third-order valence-electron chi connectivity index (χ3n) is 3.02. The molecule has 0 aromatic heterocycles. The van der Waals surface area contributed by atoms with E-state index in [9.17, 15) is 22.0 Å². The van der Waals surface area contributed by atoms with Gasteiger partial charge in [-0.15, -0.1) is 0 Å². The predicted molar refractivity (Wildman–Crippen MR) is 75.4 cm³/mol. The fraction of sp³-hybridized carbons (Fsp3) is 0.500.